The zero-order valence-corrected chi connectivity index (χ0v) is 15.3. The molecule has 1 saturated heterocycles. The SMILES string of the molecule is N[C@@H](CNC(=O)[C@H]1CCCCN1C(=O)c1cccnc1)c1ccc(F)cc1F. The van der Waals surface area contributed by atoms with Crippen molar-refractivity contribution in [3.05, 3.63) is 65.5 Å². The predicted octanol–water partition coefficient (Wildman–Crippen LogP) is 2.17. The fraction of sp³-hybridized carbons (Fsp3) is 0.350. The van der Waals surface area contributed by atoms with Crippen LogP contribution in [0.5, 0.6) is 0 Å². The molecule has 148 valence electrons. The molecular formula is C20H22F2N4O2. The molecule has 0 unspecified atom stereocenters. The van der Waals surface area contributed by atoms with E-state index < -0.39 is 23.7 Å². The van der Waals surface area contributed by atoms with Gasteiger partial charge in [-0.15, -0.1) is 0 Å². The molecule has 2 heterocycles. The lowest BCUT2D eigenvalue weighted by Gasteiger charge is -2.35. The van der Waals surface area contributed by atoms with Gasteiger partial charge in [-0.05, 0) is 37.5 Å². The van der Waals surface area contributed by atoms with Crippen molar-refractivity contribution in [2.24, 2.45) is 5.73 Å². The number of rotatable bonds is 5. The Morgan fingerprint density at radius 2 is 2.11 bits per heavy atom. The van der Waals surface area contributed by atoms with Gasteiger partial charge in [0.2, 0.25) is 5.91 Å². The molecule has 8 heteroatoms. The number of piperidine rings is 1. The van der Waals surface area contributed by atoms with E-state index in [2.05, 4.69) is 10.3 Å². The van der Waals surface area contributed by atoms with Gasteiger partial charge in [0.05, 0.1) is 11.6 Å². The summed E-state index contributed by atoms with van der Waals surface area (Å²) in [7, 11) is 0. The van der Waals surface area contributed by atoms with E-state index in [1.54, 1.807) is 23.2 Å². The minimum atomic E-state index is -0.824. The number of likely N-dealkylation sites (tertiary alicyclic amines) is 1. The number of hydrogen-bond donors (Lipinski definition) is 2. The smallest absolute Gasteiger partial charge is 0.256 e. The first-order valence-electron chi connectivity index (χ1n) is 9.16. The Balaban J connectivity index is 1.65. The number of aromatic nitrogens is 1. The third kappa shape index (κ3) is 4.51. The van der Waals surface area contributed by atoms with Crippen LogP contribution in [0.4, 0.5) is 8.78 Å². The lowest BCUT2D eigenvalue weighted by atomic mass is 10.00. The topological polar surface area (TPSA) is 88.3 Å². The summed E-state index contributed by atoms with van der Waals surface area (Å²) < 4.78 is 26.9. The highest BCUT2D eigenvalue weighted by Gasteiger charge is 2.32. The van der Waals surface area contributed by atoms with E-state index in [0.29, 0.717) is 18.5 Å². The summed E-state index contributed by atoms with van der Waals surface area (Å²) in [4.78, 5) is 30.9. The minimum Gasteiger partial charge on any atom is -0.352 e. The molecule has 2 atom stereocenters. The van der Waals surface area contributed by atoms with Crippen LogP contribution in [-0.4, -0.2) is 40.8 Å². The van der Waals surface area contributed by atoms with E-state index >= 15 is 0 Å². The molecule has 0 bridgehead atoms. The lowest BCUT2D eigenvalue weighted by Crippen LogP contribution is -2.52. The molecule has 0 spiro atoms. The number of pyridine rings is 1. The first-order chi connectivity index (χ1) is 13.5. The molecule has 3 N–H and O–H groups in total. The number of nitrogens with two attached hydrogens (primary N) is 1. The molecule has 3 rings (SSSR count). The first kappa shape index (κ1) is 19.9. The largest absolute Gasteiger partial charge is 0.352 e. The van der Waals surface area contributed by atoms with E-state index in [9.17, 15) is 18.4 Å². The molecule has 0 radical (unpaired) electrons. The van der Waals surface area contributed by atoms with Crippen molar-refractivity contribution >= 4 is 11.8 Å². The van der Waals surface area contributed by atoms with Gasteiger partial charge < -0.3 is 16.0 Å². The molecule has 1 aliphatic heterocycles. The summed E-state index contributed by atoms with van der Waals surface area (Å²) in [5.74, 6) is -2.03. The van der Waals surface area contributed by atoms with Crippen LogP contribution in [0.3, 0.4) is 0 Å². The Morgan fingerprint density at radius 3 is 2.82 bits per heavy atom. The number of nitrogens with zero attached hydrogens (tertiary/aromatic N) is 2. The van der Waals surface area contributed by atoms with Gasteiger partial charge in [0.15, 0.2) is 0 Å². The third-order valence-corrected chi connectivity index (χ3v) is 4.83. The van der Waals surface area contributed by atoms with Gasteiger partial charge >= 0.3 is 0 Å². The second kappa shape index (κ2) is 8.88. The second-order valence-corrected chi connectivity index (χ2v) is 6.77. The van der Waals surface area contributed by atoms with Gasteiger partial charge in [0, 0.05) is 37.1 Å². The lowest BCUT2D eigenvalue weighted by molar-refractivity contribution is -0.126. The van der Waals surface area contributed by atoms with Crippen molar-refractivity contribution < 1.29 is 18.4 Å². The van der Waals surface area contributed by atoms with Crippen molar-refractivity contribution in [2.75, 3.05) is 13.1 Å². The molecule has 2 amide bonds. The molecule has 2 aromatic rings. The van der Waals surface area contributed by atoms with Gasteiger partial charge in [0.25, 0.3) is 5.91 Å². The number of nitrogens with one attached hydrogen (secondary N) is 1. The zero-order valence-electron chi connectivity index (χ0n) is 15.3. The van der Waals surface area contributed by atoms with Crippen LogP contribution in [0.2, 0.25) is 0 Å². The summed E-state index contributed by atoms with van der Waals surface area (Å²) >= 11 is 0. The number of carbonyl (C=O) groups is 2. The molecule has 0 aliphatic carbocycles. The van der Waals surface area contributed by atoms with Crippen molar-refractivity contribution in [1.29, 1.82) is 0 Å². The van der Waals surface area contributed by atoms with Crippen LogP contribution >= 0.6 is 0 Å². The molecule has 1 fully saturated rings. The van der Waals surface area contributed by atoms with Crippen LogP contribution in [0.25, 0.3) is 0 Å². The molecule has 0 saturated carbocycles. The third-order valence-electron chi connectivity index (χ3n) is 4.83. The van der Waals surface area contributed by atoms with Gasteiger partial charge in [-0.2, -0.15) is 0 Å². The highest BCUT2D eigenvalue weighted by atomic mass is 19.1. The maximum Gasteiger partial charge on any atom is 0.256 e. The first-order valence-corrected chi connectivity index (χ1v) is 9.16. The summed E-state index contributed by atoms with van der Waals surface area (Å²) in [6, 6.07) is 5.03. The van der Waals surface area contributed by atoms with E-state index in [0.717, 1.165) is 25.0 Å². The monoisotopic (exact) mass is 388 g/mol. The van der Waals surface area contributed by atoms with Gasteiger partial charge in [-0.25, -0.2) is 8.78 Å². The van der Waals surface area contributed by atoms with Gasteiger partial charge in [-0.1, -0.05) is 6.07 Å². The number of halogens is 2. The normalized spacial score (nSPS) is 17.8. The average Bonchev–Trinajstić information content (AvgIpc) is 2.72. The van der Waals surface area contributed by atoms with Crippen molar-refractivity contribution in [3.8, 4) is 0 Å². The fourth-order valence-corrected chi connectivity index (χ4v) is 3.34. The van der Waals surface area contributed by atoms with Crippen molar-refractivity contribution in [3.63, 3.8) is 0 Å². The van der Waals surface area contributed by atoms with Crippen LogP contribution in [-0.2, 0) is 4.79 Å². The van der Waals surface area contributed by atoms with E-state index in [-0.39, 0.29) is 23.9 Å². The number of carbonyl (C=O) groups excluding carboxylic acids is 2. The molecule has 6 nitrogen and oxygen atoms in total. The summed E-state index contributed by atoms with van der Waals surface area (Å²) in [5.41, 5.74) is 6.49. The standard InChI is InChI=1S/C20H22F2N4O2/c21-14-6-7-15(16(22)10-14)17(23)12-25-19(27)18-5-1-2-9-26(18)20(28)13-4-3-8-24-11-13/h3-4,6-8,10-11,17-18H,1-2,5,9,12,23H2,(H,25,27)/t17-,18+/m0/s1. The van der Waals surface area contributed by atoms with Crippen molar-refractivity contribution in [1.82, 2.24) is 15.2 Å². The fourth-order valence-electron chi connectivity index (χ4n) is 3.34. The van der Waals surface area contributed by atoms with Crippen LogP contribution < -0.4 is 11.1 Å². The predicted molar refractivity (Wildman–Crippen MR) is 99.2 cm³/mol. The maximum atomic E-state index is 13.8. The molecule has 1 aliphatic rings. The number of benzene rings is 1. The Bertz CT molecular complexity index is 847. The van der Waals surface area contributed by atoms with E-state index in [4.69, 9.17) is 5.73 Å². The highest BCUT2D eigenvalue weighted by Crippen LogP contribution is 2.20. The highest BCUT2D eigenvalue weighted by molar-refractivity contribution is 5.97. The summed E-state index contributed by atoms with van der Waals surface area (Å²) in [6.07, 6.45) is 5.23. The Kier molecular flexibility index (Phi) is 6.30. The Hall–Kier alpha value is -2.87. The van der Waals surface area contributed by atoms with Gasteiger partial charge in [0.1, 0.15) is 17.7 Å². The Labute approximate surface area is 161 Å². The summed E-state index contributed by atoms with van der Waals surface area (Å²) in [5, 5.41) is 2.69. The van der Waals surface area contributed by atoms with E-state index in [1.807, 2.05) is 0 Å². The minimum absolute atomic E-state index is 0.0210. The zero-order chi connectivity index (χ0) is 20.1. The molecule has 1 aromatic carbocycles. The number of hydrogen-bond acceptors (Lipinski definition) is 4. The molecule has 1 aromatic heterocycles. The molecule has 28 heavy (non-hydrogen) atoms. The van der Waals surface area contributed by atoms with Crippen molar-refractivity contribution in [2.45, 2.75) is 31.3 Å². The Morgan fingerprint density at radius 1 is 1.29 bits per heavy atom. The summed E-state index contributed by atoms with van der Waals surface area (Å²) in [6.45, 7) is 0.456. The maximum absolute atomic E-state index is 13.8. The van der Waals surface area contributed by atoms with E-state index in [1.165, 1.54) is 12.3 Å². The quantitative estimate of drug-likeness (QED) is 0.822. The van der Waals surface area contributed by atoms with Crippen LogP contribution in [0.15, 0.2) is 42.7 Å². The number of amides is 2. The van der Waals surface area contributed by atoms with Gasteiger partial charge in [-0.3, -0.25) is 14.6 Å². The average molecular weight is 388 g/mol. The second-order valence-electron chi connectivity index (χ2n) is 6.77. The molecular weight excluding hydrogens is 366 g/mol. The van der Waals surface area contributed by atoms with Crippen LogP contribution in [0, 0.1) is 11.6 Å². The van der Waals surface area contributed by atoms with Crippen LogP contribution in [0.1, 0.15) is 41.2 Å².